The number of sulfonamides is 1. The van der Waals surface area contributed by atoms with Gasteiger partial charge in [0.2, 0.25) is 15.9 Å². The number of nitrogens with zero attached hydrogens (tertiary/aromatic N) is 1. The van der Waals surface area contributed by atoms with Gasteiger partial charge in [-0.05, 0) is 25.0 Å². The lowest BCUT2D eigenvalue weighted by Gasteiger charge is -2.18. The summed E-state index contributed by atoms with van der Waals surface area (Å²) in [7, 11) is -3.63. The molecule has 170 valence electrons. The van der Waals surface area contributed by atoms with E-state index in [2.05, 4.69) is 15.2 Å². The quantitative estimate of drug-likeness (QED) is 0.562. The fraction of sp³-hybridized carbons (Fsp3) is 0.524. The van der Waals surface area contributed by atoms with Gasteiger partial charge in [0.05, 0.1) is 4.90 Å². The van der Waals surface area contributed by atoms with Gasteiger partial charge in [-0.25, -0.2) is 13.1 Å². The number of aromatic nitrogens is 1. The first-order valence-corrected chi connectivity index (χ1v) is 11.8. The summed E-state index contributed by atoms with van der Waals surface area (Å²) < 4.78 is 43.6. The zero-order valence-corrected chi connectivity index (χ0v) is 18.9. The van der Waals surface area contributed by atoms with E-state index in [1.165, 1.54) is 12.1 Å². The van der Waals surface area contributed by atoms with Crippen LogP contribution in [0.15, 0.2) is 33.7 Å². The molecule has 3 rings (SSSR count). The lowest BCUT2D eigenvalue weighted by Crippen LogP contribution is -2.25. The SMILES string of the molecule is CC(C)(C)c1cc(NC(=O)CCCCCNS(=O)(=O)c2ccc3c(c2)OCCO3)no1. The highest BCUT2D eigenvalue weighted by Gasteiger charge is 2.21. The topological polar surface area (TPSA) is 120 Å². The normalized spacial score (nSPS) is 13.8. The summed E-state index contributed by atoms with van der Waals surface area (Å²) in [4.78, 5) is 12.2. The molecule has 2 heterocycles. The van der Waals surface area contributed by atoms with Crippen LogP contribution >= 0.6 is 0 Å². The molecular formula is C21H29N3O6S. The Morgan fingerprint density at radius 3 is 2.52 bits per heavy atom. The van der Waals surface area contributed by atoms with E-state index in [4.69, 9.17) is 14.0 Å². The van der Waals surface area contributed by atoms with Crippen LogP contribution in [0, 0.1) is 0 Å². The molecule has 1 amide bonds. The summed E-state index contributed by atoms with van der Waals surface area (Å²) in [5.41, 5.74) is -0.177. The molecule has 0 atom stereocenters. The van der Waals surface area contributed by atoms with E-state index in [-0.39, 0.29) is 22.8 Å². The van der Waals surface area contributed by atoms with Crippen LogP contribution in [-0.2, 0) is 20.2 Å². The van der Waals surface area contributed by atoms with Crippen molar-refractivity contribution in [2.24, 2.45) is 0 Å². The van der Waals surface area contributed by atoms with E-state index in [0.717, 1.165) is 0 Å². The van der Waals surface area contributed by atoms with Gasteiger partial charge < -0.3 is 19.3 Å². The number of carbonyl (C=O) groups is 1. The molecule has 0 fully saturated rings. The number of hydrogen-bond donors (Lipinski definition) is 2. The van der Waals surface area contributed by atoms with Gasteiger partial charge >= 0.3 is 0 Å². The fourth-order valence-corrected chi connectivity index (χ4v) is 4.05. The van der Waals surface area contributed by atoms with Crippen LogP contribution in [-0.4, -0.2) is 39.2 Å². The van der Waals surface area contributed by atoms with E-state index in [0.29, 0.717) is 62.0 Å². The molecule has 10 heteroatoms. The zero-order valence-electron chi connectivity index (χ0n) is 18.1. The second-order valence-corrected chi connectivity index (χ2v) is 10.2. The Bertz CT molecular complexity index is 1010. The lowest BCUT2D eigenvalue weighted by molar-refractivity contribution is -0.116. The first-order valence-electron chi connectivity index (χ1n) is 10.3. The molecule has 31 heavy (non-hydrogen) atoms. The highest BCUT2D eigenvalue weighted by molar-refractivity contribution is 7.89. The summed E-state index contributed by atoms with van der Waals surface area (Å²) in [5, 5.41) is 6.58. The summed E-state index contributed by atoms with van der Waals surface area (Å²) in [6, 6.07) is 6.29. The van der Waals surface area contributed by atoms with Crippen molar-refractivity contribution in [3.8, 4) is 11.5 Å². The Morgan fingerprint density at radius 1 is 1.06 bits per heavy atom. The van der Waals surface area contributed by atoms with Crippen molar-refractivity contribution in [3.63, 3.8) is 0 Å². The summed E-state index contributed by atoms with van der Waals surface area (Å²) in [5.74, 6) is 1.94. The molecule has 2 N–H and O–H groups in total. The monoisotopic (exact) mass is 451 g/mol. The minimum absolute atomic E-state index is 0.137. The van der Waals surface area contributed by atoms with E-state index in [1.54, 1.807) is 12.1 Å². The molecule has 1 aliphatic heterocycles. The van der Waals surface area contributed by atoms with Gasteiger partial charge in [-0.1, -0.05) is 32.3 Å². The number of fused-ring (bicyclic) bond motifs is 1. The fourth-order valence-electron chi connectivity index (χ4n) is 2.96. The smallest absolute Gasteiger partial charge is 0.240 e. The number of hydrogen-bond acceptors (Lipinski definition) is 7. The third-order valence-corrected chi connectivity index (χ3v) is 6.17. The zero-order chi connectivity index (χ0) is 22.5. The Labute approximate surface area is 182 Å². The second kappa shape index (κ2) is 9.69. The van der Waals surface area contributed by atoms with Crippen LogP contribution in [0.2, 0.25) is 0 Å². The van der Waals surface area contributed by atoms with Gasteiger partial charge in [-0.3, -0.25) is 4.79 Å². The maximum atomic E-state index is 12.4. The number of ether oxygens (including phenoxy) is 2. The summed E-state index contributed by atoms with van der Waals surface area (Å²) >= 11 is 0. The summed E-state index contributed by atoms with van der Waals surface area (Å²) in [6.45, 7) is 7.14. The van der Waals surface area contributed by atoms with Crippen LogP contribution in [0.5, 0.6) is 11.5 Å². The van der Waals surface area contributed by atoms with Crippen LogP contribution in [0.1, 0.15) is 52.2 Å². The Morgan fingerprint density at radius 2 is 1.81 bits per heavy atom. The number of unbranched alkanes of at least 4 members (excludes halogenated alkanes) is 2. The van der Waals surface area contributed by atoms with Crippen molar-refractivity contribution >= 4 is 21.7 Å². The number of benzene rings is 1. The van der Waals surface area contributed by atoms with Gasteiger partial charge in [0.1, 0.15) is 19.0 Å². The van der Waals surface area contributed by atoms with Crippen molar-refractivity contribution in [2.45, 2.75) is 56.8 Å². The average molecular weight is 452 g/mol. The Hall–Kier alpha value is -2.59. The van der Waals surface area contributed by atoms with Crippen molar-refractivity contribution in [1.29, 1.82) is 0 Å². The first kappa shape index (κ1) is 23.1. The molecule has 1 aromatic carbocycles. The van der Waals surface area contributed by atoms with E-state index in [9.17, 15) is 13.2 Å². The molecule has 0 saturated heterocycles. The van der Waals surface area contributed by atoms with E-state index in [1.807, 2.05) is 20.8 Å². The van der Waals surface area contributed by atoms with Gasteiger partial charge in [-0.15, -0.1) is 0 Å². The first-order chi connectivity index (χ1) is 14.6. The van der Waals surface area contributed by atoms with Crippen molar-refractivity contribution in [2.75, 3.05) is 25.1 Å². The molecule has 0 spiro atoms. The number of carbonyl (C=O) groups excluding carboxylic acids is 1. The standard InChI is InChI=1S/C21H29N3O6S/c1-21(2,3)18-14-19(24-30-18)23-20(25)7-5-4-6-10-22-31(26,27)15-8-9-16-17(13-15)29-12-11-28-16/h8-9,13-14,22H,4-7,10-12H2,1-3H3,(H,23,24,25). The number of nitrogens with one attached hydrogen (secondary N) is 2. The minimum Gasteiger partial charge on any atom is -0.486 e. The van der Waals surface area contributed by atoms with Gasteiger partial charge in [-0.2, -0.15) is 0 Å². The predicted molar refractivity (Wildman–Crippen MR) is 115 cm³/mol. The molecule has 0 radical (unpaired) electrons. The number of rotatable bonds is 9. The Balaban J connectivity index is 1.36. The van der Waals surface area contributed by atoms with Crippen molar-refractivity contribution in [1.82, 2.24) is 9.88 Å². The van der Waals surface area contributed by atoms with Gasteiger partial charge in [0.15, 0.2) is 17.3 Å². The van der Waals surface area contributed by atoms with Gasteiger partial charge in [0, 0.05) is 30.5 Å². The van der Waals surface area contributed by atoms with E-state index >= 15 is 0 Å². The Kier molecular flexibility index (Phi) is 7.22. The highest BCUT2D eigenvalue weighted by atomic mass is 32.2. The number of anilines is 1. The predicted octanol–water partition coefficient (Wildman–Crippen LogP) is 3.22. The molecule has 9 nitrogen and oxygen atoms in total. The third kappa shape index (κ3) is 6.44. The second-order valence-electron chi connectivity index (χ2n) is 8.39. The molecule has 0 aliphatic carbocycles. The van der Waals surface area contributed by atoms with Crippen LogP contribution < -0.4 is 19.5 Å². The van der Waals surface area contributed by atoms with Crippen LogP contribution in [0.3, 0.4) is 0 Å². The van der Waals surface area contributed by atoms with Crippen LogP contribution in [0.25, 0.3) is 0 Å². The average Bonchev–Trinajstić information content (AvgIpc) is 3.19. The molecular weight excluding hydrogens is 422 g/mol. The largest absolute Gasteiger partial charge is 0.486 e. The minimum atomic E-state index is -3.63. The lowest BCUT2D eigenvalue weighted by atomic mass is 9.93. The number of amides is 1. The molecule has 1 aliphatic rings. The van der Waals surface area contributed by atoms with Crippen LogP contribution in [0.4, 0.5) is 5.82 Å². The van der Waals surface area contributed by atoms with Crippen molar-refractivity contribution in [3.05, 3.63) is 30.0 Å². The molecule has 0 unspecified atom stereocenters. The summed E-state index contributed by atoms with van der Waals surface area (Å²) in [6.07, 6.45) is 2.30. The maximum Gasteiger partial charge on any atom is 0.240 e. The molecule has 0 bridgehead atoms. The molecule has 1 aromatic heterocycles. The third-order valence-electron chi connectivity index (χ3n) is 4.71. The molecule has 2 aromatic rings. The van der Waals surface area contributed by atoms with E-state index < -0.39 is 10.0 Å². The highest BCUT2D eigenvalue weighted by Crippen LogP contribution is 2.32. The maximum absolute atomic E-state index is 12.4. The van der Waals surface area contributed by atoms with Gasteiger partial charge in [0.25, 0.3) is 0 Å². The molecule has 0 saturated carbocycles. The van der Waals surface area contributed by atoms with Crippen molar-refractivity contribution < 1.29 is 27.2 Å².